The van der Waals surface area contributed by atoms with Crippen molar-refractivity contribution >= 4 is 28.6 Å². The molecule has 0 saturated heterocycles. The van der Waals surface area contributed by atoms with Crippen LogP contribution in [0, 0.1) is 5.82 Å². The molecule has 3 aromatic rings. The maximum atomic E-state index is 14.5. The number of carbonyl (C=O) groups is 1. The Morgan fingerprint density at radius 3 is 2.53 bits per heavy atom. The van der Waals surface area contributed by atoms with E-state index in [4.69, 9.17) is 0 Å². The van der Waals surface area contributed by atoms with Crippen molar-refractivity contribution in [2.45, 2.75) is 49.7 Å². The quantitative estimate of drug-likeness (QED) is 0.373. The number of nitrogens with one attached hydrogen (secondary N) is 1. The second-order valence-corrected chi connectivity index (χ2v) is 8.49. The number of carbonyl (C=O) groups excluding carboxylic acids is 1. The zero-order valence-corrected chi connectivity index (χ0v) is 17.5. The molecule has 1 aromatic heterocycles. The molecular formula is C23H24FN3O2S. The molecule has 1 amide bonds. The van der Waals surface area contributed by atoms with E-state index in [1.54, 1.807) is 42.5 Å². The first-order valence-corrected chi connectivity index (χ1v) is 11.3. The molecular weight excluding hydrogens is 401 g/mol. The number of fused-ring (bicyclic) bond motifs is 1. The molecule has 156 valence electrons. The van der Waals surface area contributed by atoms with Gasteiger partial charge in [-0.2, -0.15) is 0 Å². The van der Waals surface area contributed by atoms with Gasteiger partial charge in [0.2, 0.25) is 5.91 Å². The van der Waals surface area contributed by atoms with Gasteiger partial charge in [-0.3, -0.25) is 14.2 Å². The molecule has 1 fully saturated rings. The summed E-state index contributed by atoms with van der Waals surface area (Å²) in [6, 6.07) is 13.3. The van der Waals surface area contributed by atoms with Crippen LogP contribution in [0.25, 0.3) is 16.6 Å². The van der Waals surface area contributed by atoms with Crippen molar-refractivity contribution < 1.29 is 9.18 Å². The number of halogens is 1. The Labute approximate surface area is 178 Å². The fourth-order valence-electron chi connectivity index (χ4n) is 3.88. The number of hydrogen-bond acceptors (Lipinski definition) is 4. The summed E-state index contributed by atoms with van der Waals surface area (Å²) in [5.41, 5.74) is 0.312. The minimum Gasteiger partial charge on any atom is -0.353 e. The smallest absolute Gasteiger partial charge is 0.266 e. The zero-order chi connectivity index (χ0) is 20.9. The molecule has 0 spiro atoms. The summed E-state index contributed by atoms with van der Waals surface area (Å²) in [5.74, 6) is -0.480. The lowest BCUT2D eigenvalue weighted by atomic mass is 10.1. The van der Waals surface area contributed by atoms with E-state index in [1.807, 2.05) is 0 Å². The Morgan fingerprint density at radius 2 is 1.77 bits per heavy atom. The number of thioether (sulfide) groups is 1. The van der Waals surface area contributed by atoms with Crippen molar-refractivity contribution in [3.63, 3.8) is 0 Å². The summed E-state index contributed by atoms with van der Waals surface area (Å²) in [5, 5.41) is 3.82. The lowest BCUT2D eigenvalue weighted by Crippen LogP contribution is -2.35. The van der Waals surface area contributed by atoms with Crippen LogP contribution >= 0.6 is 11.8 Å². The van der Waals surface area contributed by atoms with Crippen molar-refractivity contribution in [1.29, 1.82) is 0 Å². The van der Waals surface area contributed by atoms with Crippen LogP contribution in [0.5, 0.6) is 0 Å². The highest BCUT2D eigenvalue weighted by molar-refractivity contribution is 7.99. The highest BCUT2D eigenvalue weighted by atomic mass is 32.2. The number of rotatable bonds is 5. The molecule has 0 bridgehead atoms. The maximum Gasteiger partial charge on any atom is 0.266 e. The van der Waals surface area contributed by atoms with E-state index in [9.17, 15) is 14.0 Å². The molecule has 1 aliphatic rings. The summed E-state index contributed by atoms with van der Waals surface area (Å²) in [4.78, 5) is 30.2. The van der Waals surface area contributed by atoms with Crippen molar-refractivity contribution in [2.75, 3.05) is 5.75 Å². The third-order valence-electron chi connectivity index (χ3n) is 5.39. The molecule has 0 unspecified atom stereocenters. The number of benzene rings is 2. The van der Waals surface area contributed by atoms with E-state index in [2.05, 4.69) is 10.3 Å². The van der Waals surface area contributed by atoms with Crippen LogP contribution in [-0.4, -0.2) is 27.3 Å². The molecule has 1 saturated carbocycles. The standard InChI is InChI=1S/C23H24FN3O2S/c24-18-12-6-8-14-20(18)27-22(29)17-11-5-7-13-19(17)26-23(27)30-15-21(28)25-16-9-3-1-2-4-10-16/h5-8,11-14,16H,1-4,9-10,15H2,(H,25,28). The second-order valence-electron chi connectivity index (χ2n) is 7.55. The zero-order valence-electron chi connectivity index (χ0n) is 16.6. The minimum atomic E-state index is -0.513. The number of nitrogens with zero attached hydrogens (tertiary/aromatic N) is 2. The third kappa shape index (κ3) is 4.56. The van der Waals surface area contributed by atoms with E-state index in [-0.39, 0.29) is 28.9 Å². The van der Waals surface area contributed by atoms with Gasteiger partial charge in [0, 0.05) is 6.04 Å². The summed E-state index contributed by atoms with van der Waals surface area (Å²) in [6.45, 7) is 0. The Kier molecular flexibility index (Phi) is 6.47. The van der Waals surface area contributed by atoms with Crippen LogP contribution < -0.4 is 10.9 Å². The number of para-hydroxylation sites is 2. The molecule has 30 heavy (non-hydrogen) atoms. The highest BCUT2D eigenvalue weighted by Gasteiger charge is 2.19. The van der Waals surface area contributed by atoms with E-state index in [0.29, 0.717) is 16.1 Å². The lowest BCUT2D eigenvalue weighted by molar-refractivity contribution is -0.119. The van der Waals surface area contributed by atoms with Crippen molar-refractivity contribution in [3.8, 4) is 5.69 Å². The predicted molar refractivity (Wildman–Crippen MR) is 118 cm³/mol. The summed E-state index contributed by atoms with van der Waals surface area (Å²) >= 11 is 1.15. The van der Waals surface area contributed by atoms with Crippen LogP contribution in [0.1, 0.15) is 38.5 Å². The number of aromatic nitrogens is 2. The molecule has 0 atom stereocenters. The Bertz CT molecular complexity index is 1110. The van der Waals surface area contributed by atoms with Gasteiger partial charge in [0.1, 0.15) is 5.82 Å². The Hall–Kier alpha value is -2.67. The van der Waals surface area contributed by atoms with Gasteiger partial charge < -0.3 is 5.32 Å². The van der Waals surface area contributed by atoms with Crippen molar-refractivity contribution in [1.82, 2.24) is 14.9 Å². The number of hydrogen-bond donors (Lipinski definition) is 1. The maximum absolute atomic E-state index is 14.5. The van der Waals surface area contributed by atoms with E-state index < -0.39 is 5.82 Å². The molecule has 2 aromatic carbocycles. The van der Waals surface area contributed by atoms with Crippen LogP contribution in [0.4, 0.5) is 4.39 Å². The van der Waals surface area contributed by atoms with E-state index in [0.717, 1.165) is 37.4 Å². The van der Waals surface area contributed by atoms with Crippen LogP contribution in [0.15, 0.2) is 58.5 Å². The van der Waals surface area contributed by atoms with Gasteiger partial charge in [-0.25, -0.2) is 9.37 Å². The van der Waals surface area contributed by atoms with E-state index in [1.165, 1.54) is 23.5 Å². The molecule has 4 rings (SSSR count). The molecule has 1 heterocycles. The third-order valence-corrected chi connectivity index (χ3v) is 6.33. The van der Waals surface area contributed by atoms with Gasteiger partial charge in [0.15, 0.2) is 5.16 Å². The average molecular weight is 426 g/mol. The van der Waals surface area contributed by atoms with Gasteiger partial charge in [-0.1, -0.05) is 61.7 Å². The molecule has 5 nitrogen and oxygen atoms in total. The van der Waals surface area contributed by atoms with Gasteiger partial charge >= 0.3 is 0 Å². The fourth-order valence-corrected chi connectivity index (χ4v) is 4.69. The first kappa shape index (κ1) is 20.6. The molecule has 7 heteroatoms. The molecule has 1 aliphatic carbocycles. The summed E-state index contributed by atoms with van der Waals surface area (Å²) in [6.07, 6.45) is 6.72. The van der Waals surface area contributed by atoms with Crippen LogP contribution in [0.2, 0.25) is 0 Å². The molecule has 0 radical (unpaired) electrons. The van der Waals surface area contributed by atoms with Crippen LogP contribution in [0.3, 0.4) is 0 Å². The van der Waals surface area contributed by atoms with E-state index >= 15 is 0 Å². The Balaban J connectivity index is 1.62. The first-order chi connectivity index (χ1) is 14.6. The summed E-state index contributed by atoms with van der Waals surface area (Å²) < 4.78 is 15.8. The summed E-state index contributed by atoms with van der Waals surface area (Å²) in [7, 11) is 0. The minimum absolute atomic E-state index is 0.0885. The van der Waals surface area contributed by atoms with Crippen LogP contribution in [-0.2, 0) is 4.79 Å². The predicted octanol–water partition coefficient (Wildman–Crippen LogP) is 4.46. The fraction of sp³-hybridized carbons (Fsp3) is 0.348. The highest BCUT2D eigenvalue weighted by Crippen LogP contribution is 2.23. The topological polar surface area (TPSA) is 64.0 Å². The Morgan fingerprint density at radius 1 is 1.07 bits per heavy atom. The van der Waals surface area contributed by atoms with Gasteiger partial charge in [0.25, 0.3) is 5.56 Å². The van der Waals surface area contributed by atoms with Crippen molar-refractivity contribution in [3.05, 3.63) is 64.7 Å². The van der Waals surface area contributed by atoms with Gasteiger partial charge in [-0.15, -0.1) is 0 Å². The number of amides is 1. The van der Waals surface area contributed by atoms with Gasteiger partial charge in [0.05, 0.1) is 22.3 Å². The largest absolute Gasteiger partial charge is 0.353 e. The second kappa shape index (κ2) is 9.43. The monoisotopic (exact) mass is 425 g/mol. The van der Waals surface area contributed by atoms with Crippen molar-refractivity contribution in [2.24, 2.45) is 0 Å². The average Bonchev–Trinajstić information content (AvgIpc) is 3.02. The normalized spacial score (nSPS) is 15.1. The van der Waals surface area contributed by atoms with Gasteiger partial charge in [-0.05, 0) is 37.1 Å². The molecule has 0 aliphatic heterocycles. The first-order valence-electron chi connectivity index (χ1n) is 10.3. The molecule has 1 N–H and O–H groups in total. The SMILES string of the molecule is O=C(CSc1nc2ccccc2c(=O)n1-c1ccccc1F)NC1CCCCCC1. The lowest BCUT2D eigenvalue weighted by Gasteiger charge is -2.17.